The van der Waals surface area contributed by atoms with E-state index < -0.39 is 0 Å². The molecule has 4 aliphatic rings. The molecule has 0 aliphatic heterocycles. The van der Waals surface area contributed by atoms with Gasteiger partial charge < -0.3 is 14.2 Å². The maximum Gasteiger partial charge on any atom is 0.305 e. The first-order valence-electron chi connectivity index (χ1n) is 13.6. The summed E-state index contributed by atoms with van der Waals surface area (Å²) in [6.45, 7) is 9.55. The van der Waals surface area contributed by atoms with Crippen LogP contribution >= 0.6 is 0 Å². The van der Waals surface area contributed by atoms with E-state index in [1.165, 1.54) is 26.5 Å². The van der Waals surface area contributed by atoms with Crippen LogP contribution in [0, 0.1) is 40.4 Å². The van der Waals surface area contributed by atoms with Gasteiger partial charge in [-0.05, 0) is 80.1 Å². The van der Waals surface area contributed by atoms with Crippen LogP contribution in [0.5, 0.6) is 0 Å². The van der Waals surface area contributed by atoms with E-state index in [-0.39, 0.29) is 76.3 Å². The first kappa shape index (κ1) is 26.9. The summed E-state index contributed by atoms with van der Waals surface area (Å²) in [5.41, 5.74) is 0.701. The van der Waals surface area contributed by atoms with Crippen molar-refractivity contribution in [2.24, 2.45) is 40.4 Å². The average Bonchev–Trinajstić information content (AvgIpc) is 3.17. The molecular formula is C29H42O7. The number of methoxy groups -OCH3 is 1. The number of carbonyl (C=O) groups excluding carboxylic acids is 4. The lowest BCUT2D eigenvalue weighted by Crippen LogP contribution is -2.57. The molecule has 4 aliphatic carbocycles. The van der Waals surface area contributed by atoms with Gasteiger partial charge in [0.25, 0.3) is 0 Å². The second kappa shape index (κ2) is 9.94. The zero-order valence-corrected chi connectivity index (χ0v) is 22.6. The van der Waals surface area contributed by atoms with Crippen LogP contribution in [-0.4, -0.2) is 43.0 Å². The number of allylic oxidation sites excluding steroid dienone is 2. The lowest BCUT2D eigenvalue weighted by atomic mass is 9.46. The minimum Gasteiger partial charge on any atom is -0.469 e. The van der Waals surface area contributed by atoms with E-state index >= 15 is 0 Å². The molecule has 3 unspecified atom stereocenters. The zero-order chi connectivity index (χ0) is 26.4. The molecule has 9 atom stereocenters. The van der Waals surface area contributed by atoms with Gasteiger partial charge in [0.15, 0.2) is 5.78 Å². The van der Waals surface area contributed by atoms with Crippen molar-refractivity contribution < 1.29 is 33.4 Å². The van der Waals surface area contributed by atoms with E-state index in [2.05, 4.69) is 20.8 Å². The highest BCUT2D eigenvalue weighted by Gasteiger charge is 2.64. The summed E-state index contributed by atoms with van der Waals surface area (Å²) in [7, 11) is 1.41. The summed E-state index contributed by atoms with van der Waals surface area (Å²) < 4.78 is 16.5. The first-order chi connectivity index (χ1) is 16.9. The van der Waals surface area contributed by atoms with Crippen LogP contribution in [0.1, 0.15) is 86.0 Å². The lowest BCUT2D eigenvalue weighted by Gasteiger charge is -2.59. The minimum atomic E-state index is -0.301. The molecule has 0 amide bonds. The van der Waals surface area contributed by atoms with E-state index in [0.29, 0.717) is 19.3 Å². The summed E-state index contributed by atoms with van der Waals surface area (Å²) in [6, 6.07) is 0. The van der Waals surface area contributed by atoms with Crippen molar-refractivity contribution in [3.8, 4) is 0 Å². The number of esters is 3. The van der Waals surface area contributed by atoms with Crippen molar-refractivity contribution in [3.05, 3.63) is 11.6 Å². The molecule has 7 nitrogen and oxygen atoms in total. The SMILES string of the molecule is COC(=O)CC[C@@H](C)[C@H]1CC[C@H]2C3=CC(=O)C4CC(OC(C)=O)CC[C@]4(C)[C@H]3CC(OC(C)=O)[C@]12C. The van der Waals surface area contributed by atoms with Crippen LogP contribution in [0.4, 0.5) is 0 Å². The normalized spacial score (nSPS) is 40.2. The van der Waals surface area contributed by atoms with Crippen LogP contribution in [-0.2, 0) is 33.4 Å². The summed E-state index contributed by atoms with van der Waals surface area (Å²) in [5.74, 6) is 0.0424. The fourth-order valence-electron chi connectivity index (χ4n) is 8.60. The maximum absolute atomic E-state index is 13.5. The minimum absolute atomic E-state index is 0.149. The van der Waals surface area contributed by atoms with Crippen LogP contribution in [0.3, 0.4) is 0 Å². The Hall–Kier alpha value is -2.18. The van der Waals surface area contributed by atoms with Gasteiger partial charge in [0.2, 0.25) is 0 Å². The zero-order valence-electron chi connectivity index (χ0n) is 22.6. The highest BCUT2D eigenvalue weighted by atomic mass is 16.5. The van der Waals surface area contributed by atoms with Gasteiger partial charge in [0, 0.05) is 31.6 Å². The standard InChI is InChI=1S/C29H42O7/c1-16(7-10-27(33)34-6)21-8-9-22-20-14-25(32)24-13-19(35-17(2)30)11-12-28(24,4)23(20)15-26(29(21,22)5)36-18(3)31/h14,16,19,21-24,26H,7-13,15H2,1-6H3/t16-,19?,21-,22+,23+,24?,26?,28-,29-/m1/s1. The number of rotatable bonds is 6. The van der Waals surface area contributed by atoms with Gasteiger partial charge in [0.1, 0.15) is 12.2 Å². The second-order valence-corrected chi connectivity index (χ2v) is 12.2. The van der Waals surface area contributed by atoms with Crippen LogP contribution < -0.4 is 0 Å². The Bertz CT molecular complexity index is 953. The molecule has 4 rings (SSSR count). The molecule has 36 heavy (non-hydrogen) atoms. The predicted octanol–water partition coefficient (Wildman–Crippen LogP) is 4.81. The smallest absolute Gasteiger partial charge is 0.305 e. The van der Waals surface area contributed by atoms with Gasteiger partial charge in [-0.1, -0.05) is 26.3 Å². The maximum atomic E-state index is 13.5. The molecule has 0 aromatic heterocycles. The number of fused-ring (bicyclic) bond motifs is 5. The van der Waals surface area contributed by atoms with Crippen molar-refractivity contribution in [2.75, 3.05) is 7.11 Å². The molecule has 0 aromatic rings. The molecule has 0 spiro atoms. The Morgan fingerprint density at radius 2 is 1.69 bits per heavy atom. The van der Waals surface area contributed by atoms with E-state index in [1.54, 1.807) is 0 Å². The Kier molecular flexibility index (Phi) is 7.42. The molecule has 3 fully saturated rings. The monoisotopic (exact) mass is 502 g/mol. The van der Waals surface area contributed by atoms with Crippen molar-refractivity contribution in [1.29, 1.82) is 0 Å². The van der Waals surface area contributed by atoms with Gasteiger partial charge in [-0.25, -0.2) is 0 Å². The highest BCUT2D eigenvalue weighted by Crippen LogP contribution is 2.67. The second-order valence-electron chi connectivity index (χ2n) is 12.2. The molecule has 0 bridgehead atoms. The molecule has 3 saturated carbocycles. The Labute approximate surface area is 214 Å². The molecule has 0 heterocycles. The topological polar surface area (TPSA) is 96.0 Å². The number of carbonyl (C=O) groups is 4. The summed E-state index contributed by atoms with van der Waals surface area (Å²) in [6.07, 6.45) is 7.29. The summed E-state index contributed by atoms with van der Waals surface area (Å²) in [4.78, 5) is 49.2. The Morgan fingerprint density at radius 3 is 2.33 bits per heavy atom. The third kappa shape index (κ3) is 4.51. The van der Waals surface area contributed by atoms with Crippen LogP contribution in [0.25, 0.3) is 0 Å². The molecule has 0 aromatic carbocycles. The molecular weight excluding hydrogens is 460 g/mol. The number of ether oxygens (including phenoxy) is 3. The number of hydrogen-bond donors (Lipinski definition) is 0. The third-order valence-electron chi connectivity index (χ3n) is 10.4. The average molecular weight is 503 g/mol. The lowest BCUT2D eigenvalue weighted by molar-refractivity contribution is -0.170. The molecule has 7 heteroatoms. The van der Waals surface area contributed by atoms with E-state index in [4.69, 9.17) is 14.2 Å². The van der Waals surface area contributed by atoms with Crippen molar-refractivity contribution in [3.63, 3.8) is 0 Å². The van der Waals surface area contributed by atoms with Crippen LogP contribution in [0.15, 0.2) is 11.6 Å². The van der Waals surface area contributed by atoms with Crippen molar-refractivity contribution in [1.82, 2.24) is 0 Å². The quantitative estimate of drug-likeness (QED) is 0.380. The van der Waals surface area contributed by atoms with Crippen molar-refractivity contribution >= 4 is 23.7 Å². The Balaban J connectivity index is 1.67. The summed E-state index contributed by atoms with van der Waals surface area (Å²) >= 11 is 0. The fraction of sp³-hybridized carbons (Fsp3) is 0.793. The first-order valence-corrected chi connectivity index (χ1v) is 13.6. The Morgan fingerprint density at radius 1 is 1.00 bits per heavy atom. The molecule has 200 valence electrons. The van der Waals surface area contributed by atoms with Gasteiger partial charge >= 0.3 is 17.9 Å². The van der Waals surface area contributed by atoms with Gasteiger partial charge in [-0.15, -0.1) is 0 Å². The molecule has 0 saturated heterocycles. The van der Waals surface area contributed by atoms with Gasteiger partial charge in [-0.2, -0.15) is 0 Å². The predicted molar refractivity (Wildman–Crippen MR) is 132 cm³/mol. The molecule has 0 N–H and O–H groups in total. The van der Waals surface area contributed by atoms with Gasteiger partial charge in [0.05, 0.1) is 7.11 Å². The number of ketones is 1. The summed E-state index contributed by atoms with van der Waals surface area (Å²) in [5, 5.41) is 0. The number of hydrogen-bond acceptors (Lipinski definition) is 7. The van der Waals surface area contributed by atoms with Crippen LogP contribution in [0.2, 0.25) is 0 Å². The highest BCUT2D eigenvalue weighted by molar-refractivity contribution is 5.94. The van der Waals surface area contributed by atoms with E-state index in [9.17, 15) is 19.2 Å². The molecule has 0 radical (unpaired) electrons. The van der Waals surface area contributed by atoms with E-state index in [1.807, 2.05) is 6.08 Å². The largest absolute Gasteiger partial charge is 0.469 e. The fourth-order valence-corrected chi connectivity index (χ4v) is 8.60. The third-order valence-corrected chi connectivity index (χ3v) is 10.4. The van der Waals surface area contributed by atoms with E-state index in [0.717, 1.165) is 32.1 Å². The van der Waals surface area contributed by atoms with Gasteiger partial charge in [-0.3, -0.25) is 19.2 Å². The van der Waals surface area contributed by atoms with Crippen molar-refractivity contribution in [2.45, 2.75) is 98.2 Å².